The molecular formula is C20H29F2N5O3. The van der Waals surface area contributed by atoms with Crippen molar-refractivity contribution in [2.45, 2.75) is 43.8 Å². The van der Waals surface area contributed by atoms with E-state index < -0.39 is 12.0 Å². The second-order valence-electron chi connectivity index (χ2n) is 7.76. The molecule has 1 heterocycles. The number of ether oxygens (including phenoxy) is 3. The highest BCUT2D eigenvalue weighted by atomic mass is 19.3. The van der Waals surface area contributed by atoms with Crippen molar-refractivity contribution in [3.63, 3.8) is 0 Å². The molecule has 0 aliphatic heterocycles. The van der Waals surface area contributed by atoms with Gasteiger partial charge in [-0.05, 0) is 46.9 Å². The minimum Gasteiger partial charge on any atom is -0.497 e. The Kier molecular flexibility index (Phi) is 7.68. The van der Waals surface area contributed by atoms with Crippen molar-refractivity contribution in [2.24, 2.45) is 5.92 Å². The summed E-state index contributed by atoms with van der Waals surface area (Å²) in [4.78, 5) is 0. The quantitative estimate of drug-likeness (QED) is 0.558. The monoisotopic (exact) mass is 425 g/mol. The number of nitrogens with one attached hydrogen (secondary N) is 1. The highest BCUT2D eigenvalue weighted by Gasteiger charge is 2.43. The van der Waals surface area contributed by atoms with Crippen LogP contribution in [-0.4, -0.2) is 67.2 Å². The fraction of sp³-hybridized carbons (Fsp3) is 0.650. The number of tetrazole rings is 1. The third-order valence-electron chi connectivity index (χ3n) is 5.46. The summed E-state index contributed by atoms with van der Waals surface area (Å²) < 4.78 is 43.2. The first-order valence-electron chi connectivity index (χ1n) is 9.93. The van der Waals surface area contributed by atoms with Crippen LogP contribution in [0.15, 0.2) is 24.3 Å². The van der Waals surface area contributed by atoms with E-state index in [4.69, 9.17) is 14.2 Å². The van der Waals surface area contributed by atoms with Crippen LogP contribution in [-0.2, 0) is 21.6 Å². The smallest absolute Gasteiger partial charge is 0.238 e. The summed E-state index contributed by atoms with van der Waals surface area (Å²) in [6.07, 6.45) is -0.968. The summed E-state index contributed by atoms with van der Waals surface area (Å²) in [6.45, 7) is 1.02. The van der Waals surface area contributed by atoms with Crippen LogP contribution >= 0.6 is 0 Å². The van der Waals surface area contributed by atoms with Gasteiger partial charge < -0.3 is 14.2 Å². The van der Waals surface area contributed by atoms with E-state index in [0.717, 1.165) is 11.3 Å². The van der Waals surface area contributed by atoms with Crippen LogP contribution in [0.25, 0.3) is 0 Å². The number of hydrogen-bond acceptors (Lipinski definition) is 7. The highest BCUT2D eigenvalue weighted by molar-refractivity contribution is 5.27. The van der Waals surface area contributed by atoms with Crippen LogP contribution in [0, 0.1) is 5.92 Å². The van der Waals surface area contributed by atoms with Crippen molar-refractivity contribution in [3.05, 3.63) is 35.7 Å². The van der Waals surface area contributed by atoms with Crippen LogP contribution < -0.4 is 10.1 Å². The predicted molar refractivity (Wildman–Crippen MR) is 106 cm³/mol. The lowest BCUT2D eigenvalue weighted by molar-refractivity contribution is 0.00378. The number of nitrogens with zero attached hydrogens (tertiary/aromatic N) is 4. The molecule has 0 amide bonds. The molecular weight excluding hydrogens is 396 g/mol. The molecule has 0 radical (unpaired) electrons. The minimum absolute atomic E-state index is 0.0283. The van der Waals surface area contributed by atoms with E-state index >= 15 is 0 Å². The molecule has 1 aliphatic rings. The van der Waals surface area contributed by atoms with E-state index in [9.17, 15) is 8.78 Å². The van der Waals surface area contributed by atoms with E-state index in [1.807, 2.05) is 24.3 Å². The molecule has 3 rings (SSSR count). The molecule has 10 heteroatoms. The zero-order chi connectivity index (χ0) is 21.6. The maximum Gasteiger partial charge on any atom is 0.238 e. The second-order valence-corrected chi connectivity index (χ2v) is 7.76. The molecule has 166 valence electrons. The predicted octanol–water partition coefficient (Wildman–Crippen LogP) is 2.24. The Bertz CT molecular complexity index is 775. The molecule has 1 N–H and O–H groups in total. The van der Waals surface area contributed by atoms with Gasteiger partial charge in [-0.3, -0.25) is 5.32 Å². The molecule has 0 bridgehead atoms. The molecule has 8 nitrogen and oxygen atoms in total. The van der Waals surface area contributed by atoms with Crippen molar-refractivity contribution >= 4 is 0 Å². The van der Waals surface area contributed by atoms with Gasteiger partial charge >= 0.3 is 0 Å². The maximum atomic E-state index is 12.6. The van der Waals surface area contributed by atoms with Gasteiger partial charge in [0.2, 0.25) is 6.43 Å². The lowest BCUT2D eigenvalue weighted by Crippen LogP contribution is -2.58. The van der Waals surface area contributed by atoms with Crippen molar-refractivity contribution in [1.82, 2.24) is 25.5 Å². The van der Waals surface area contributed by atoms with Crippen LogP contribution in [0.3, 0.4) is 0 Å². The number of aromatic nitrogens is 4. The fourth-order valence-corrected chi connectivity index (χ4v) is 4.06. The zero-order valence-electron chi connectivity index (χ0n) is 17.6. The van der Waals surface area contributed by atoms with Gasteiger partial charge in [-0.1, -0.05) is 12.1 Å². The molecule has 2 aromatic rings. The van der Waals surface area contributed by atoms with Gasteiger partial charge in [-0.2, -0.15) is 0 Å². The molecule has 0 unspecified atom stereocenters. The summed E-state index contributed by atoms with van der Waals surface area (Å²) in [5.41, 5.74) is 0.216. The number of halogens is 2. The Hall–Kier alpha value is -2.17. The van der Waals surface area contributed by atoms with Gasteiger partial charge in [0.05, 0.1) is 26.9 Å². The van der Waals surface area contributed by atoms with Gasteiger partial charge in [-0.25, -0.2) is 13.5 Å². The van der Waals surface area contributed by atoms with Crippen molar-refractivity contribution in [2.75, 3.05) is 34.5 Å². The number of rotatable bonds is 12. The molecule has 0 atom stereocenters. The first-order chi connectivity index (χ1) is 14.5. The Morgan fingerprint density at radius 2 is 1.80 bits per heavy atom. The van der Waals surface area contributed by atoms with Crippen LogP contribution in [0.4, 0.5) is 8.78 Å². The summed E-state index contributed by atoms with van der Waals surface area (Å²) in [5.74, 6) is 1.38. The average Bonchev–Trinajstić information content (AvgIpc) is 3.15. The molecule has 0 spiro atoms. The van der Waals surface area contributed by atoms with Gasteiger partial charge in [0, 0.05) is 26.7 Å². The Balaban J connectivity index is 1.79. The number of methoxy groups -OCH3 is 3. The first-order valence-corrected chi connectivity index (χ1v) is 9.93. The molecule has 1 fully saturated rings. The lowest BCUT2D eigenvalue weighted by atomic mass is 9.77. The van der Waals surface area contributed by atoms with Gasteiger partial charge in [0.15, 0.2) is 5.82 Å². The van der Waals surface area contributed by atoms with Gasteiger partial charge in [0.1, 0.15) is 11.3 Å². The summed E-state index contributed by atoms with van der Waals surface area (Å²) in [5, 5.41) is 15.8. The van der Waals surface area contributed by atoms with Crippen molar-refractivity contribution < 1.29 is 23.0 Å². The number of alkyl halides is 2. The minimum atomic E-state index is -2.27. The lowest BCUT2D eigenvalue weighted by Gasteiger charge is -2.43. The molecule has 1 aromatic heterocycles. The Morgan fingerprint density at radius 3 is 2.37 bits per heavy atom. The van der Waals surface area contributed by atoms with Crippen molar-refractivity contribution in [1.29, 1.82) is 0 Å². The SMILES string of the molecule is COCC(COC)(NC1CC(CC(F)F)C1)c1nnnn1Cc1ccc(OC)cc1. The largest absolute Gasteiger partial charge is 0.497 e. The van der Waals surface area contributed by atoms with E-state index in [1.165, 1.54) is 0 Å². The topological polar surface area (TPSA) is 83.3 Å². The Morgan fingerprint density at radius 1 is 1.13 bits per heavy atom. The van der Waals surface area contributed by atoms with E-state index in [1.54, 1.807) is 26.0 Å². The summed E-state index contributed by atoms with van der Waals surface area (Å²) >= 11 is 0. The zero-order valence-corrected chi connectivity index (χ0v) is 17.6. The molecule has 1 saturated carbocycles. The molecule has 0 saturated heterocycles. The highest BCUT2D eigenvalue weighted by Crippen LogP contribution is 2.35. The third-order valence-corrected chi connectivity index (χ3v) is 5.46. The normalized spacial score (nSPS) is 19.1. The van der Waals surface area contributed by atoms with Gasteiger partial charge in [0.25, 0.3) is 0 Å². The molecule has 30 heavy (non-hydrogen) atoms. The van der Waals surface area contributed by atoms with Crippen LogP contribution in [0.2, 0.25) is 0 Å². The van der Waals surface area contributed by atoms with Crippen molar-refractivity contribution in [3.8, 4) is 5.75 Å². The molecule has 1 aliphatic carbocycles. The second kappa shape index (κ2) is 10.2. The average molecular weight is 425 g/mol. The Labute approximate surface area is 174 Å². The van der Waals surface area contributed by atoms with Gasteiger partial charge in [-0.15, -0.1) is 5.10 Å². The third kappa shape index (κ3) is 5.30. The van der Waals surface area contributed by atoms with E-state index in [0.29, 0.717) is 25.2 Å². The van der Waals surface area contributed by atoms with Crippen LogP contribution in [0.5, 0.6) is 5.75 Å². The fourth-order valence-electron chi connectivity index (χ4n) is 4.06. The summed E-state index contributed by atoms with van der Waals surface area (Å²) in [6, 6.07) is 7.74. The number of hydrogen-bond donors (Lipinski definition) is 1. The van der Waals surface area contributed by atoms with E-state index in [-0.39, 0.29) is 31.6 Å². The molecule has 1 aromatic carbocycles. The first kappa shape index (κ1) is 22.5. The van der Waals surface area contributed by atoms with Crippen LogP contribution in [0.1, 0.15) is 30.7 Å². The summed E-state index contributed by atoms with van der Waals surface area (Å²) in [7, 11) is 4.82. The maximum absolute atomic E-state index is 12.6. The number of benzene rings is 1. The van der Waals surface area contributed by atoms with E-state index in [2.05, 4.69) is 20.8 Å². The standard InChI is InChI=1S/C20H29F2N5O3/c1-28-12-20(13-29-2,23-16-8-15(9-16)10-18(21)22)19-24-25-26-27(19)11-14-4-6-17(30-3)7-5-14/h4-7,15-16,18,23H,8-13H2,1-3H3.